The van der Waals surface area contributed by atoms with Crippen LogP contribution < -0.4 is 11.1 Å². The van der Waals surface area contributed by atoms with Crippen molar-refractivity contribution in [3.63, 3.8) is 0 Å². The van der Waals surface area contributed by atoms with Crippen molar-refractivity contribution in [2.24, 2.45) is 5.73 Å². The van der Waals surface area contributed by atoms with Crippen LogP contribution in [0.15, 0.2) is 0 Å². The van der Waals surface area contributed by atoms with E-state index in [9.17, 15) is 4.79 Å². The lowest BCUT2D eigenvalue weighted by Crippen LogP contribution is -2.52. The van der Waals surface area contributed by atoms with Crippen LogP contribution in [-0.2, 0) is 13.3 Å². The number of urea groups is 1. The molecule has 0 bridgehead atoms. The number of hydrogen-bond acceptors (Lipinski definition) is 4. The second-order valence-corrected chi connectivity index (χ2v) is 9.60. The van der Waals surface area contributed by atoms with Crippen molar-refractivity contribution in [1.29, 1.82) is 0 Å². The molecule has 0 aromatic carbocycles. The second-order valence-electron chi connectivity index (χ2n) is 6.96. The van der Waals surface area contributed by atoms with Gasteiger partial charge in [-0.3, -0.25) is 0 Å². The van der Waals surface area contributed by atoms with Crippen molar-refractivity contribution in [3.05, 3.63) is 0 Å². The van der Waals surface area contributed by atoms with Crippen molar-refractivity contribution in [2.75, 3.05) is 19.8 Å². The Morgan fingerprint density at radius 3 is 1.54 bits per heavy atom. The molecule has 0 aromatic rings. The maximum Gasteiger partial charge on any atom is 0.503 e. The third-order valence-electron chi connectivity index (χ3n) is 4.15. The number of nitrogens with one attached hydrogen (secondary N) is 1. The van der Waals surface area contributed by atoms with E-state index in [1.54, 1.807) is 0 Å². The summed E-state index contributed by atoms with van der Waals surface area (Å²) in [5, 5.41) is 2.74. The van der Waals surface area contributed by atoms with E-state index in [1.807, 2.05) is 6.92 Å². The summed E-state index contributed by atoms with van der Waals surface area (Å²) < 4.78 is 18.7. The molecule has 7 heteroatoms. The molecule has 6 nitrogen and oxygen atoms in total. The standard InChI is InChI=1S/C19H42N2O4Si/c1-5-8-11-14-23-26(24-15-12-9-6-2,25-16-13-10-7-3)17-18(4)21-19(20)22/h18H,5-17H2,1-4H3,(H3,20,21,22). The number of hydrogen-bond donors (Lipinski definition) is 2. The molecule has 0 saturated heterocycles. The Hall–Kier alpha value is -0.633. The Morgan fingerprint density at radius 1 is 0.846 bits per heavy atom. The van der Waals surface area contributed by atoms with E-state index in [0.717, 1.165) is 57.8 Å². The highest BCUT2D eigenvalue weighted by atomic mass is 28.4. The van der Waals surface area contributed by atoms with Gasteiger partial charge in [0.25, 0.3) is 0 Å². The van der Waals surface area contributed by atoms with Gasteiger partial charge in [-0.1, -0.05) is 59.3 Å². The number of rotatable bonds is 18. The van der Waals surface area contributed by atoms with Gasteiger partial charge in [-0.15, -0.1) is 0 Å². The minimum atomic E-state index is -2.85. The summed E-state index contributed by atoms with van der Waals surface area (Å²) in [6, 6.07) is -0.105. The SMILES string of the molecule is CCCCCO[Si](CC(C)NC(N)=O)(OCCCCC)OCCCCC. The third kappa shape index (κ3) is 13.6. The largest absolute Gasteiger partial charge is 0.503 e. The van der Waals surface area contributed by atoms with Gasteiger partial charge >= 0.3 is 14.8 Å². The van der Waals surface area contributed by atoms with Crippen LogP contribution in [0.4, 0.5) is 4.79 Å². The Balaban J connectivity index is 4.92. The van der Waals surface area contributed by atoms with E-state index >= 15 is 0 Å². The molecule has 0 aliphatic carbocycles. The fraction of sp³-hybridized carbons (Fsp3) is 0.947. The summed E-state index contributed by atoms with van der Waals surface area (Å²) >= 11 is 0. The first-order valence-corrected chi connectivity index (χ1v) is 12.4. The predicted molar refractivity (Wildman–Crippen MR) is 109 cm³/mol. The normalized spacial score (nSPS) is 12.9. The van der Waals surface area contributed by atoms with Gasteiger partial charge in [0.15, 0.2) is 0 Å². The first kappa shape index (κ1) is 25.4. The lowest BCUT2D eigenvalue weighted by atomic mass is 10.3. The summed E-state index contributed by atoms with van der Waals surface area (Å²) in [6.07, 6.45) is 9.82. The molecular weight excluding hydrogens is 348 g/mol. The summed E-state index contributed by atoms with van der Waals surface area (Å²) in [4.78, 5) is 11.2. The number of unbranched alkanes of at least 4 members (excludes halogenated alkanes) is 6. The fourth-order valence-electron chi connectivity index (χ4n) is 2.71. The number of amides is 2. The fourth-order valence-corrected chi connectivity index (χ4v) is 5.53. The zero-order valence-corrected chi connectivity index (χ0v) is 18.5. The van der Waals surface area contributed by atoms with Crippen molar-refractivity contribution < 1.29 is 18.1 Å². The monoisotopic (exact) mass is 390 g/mol. The van der Waals surface area contributed by atoms with Gasteiger partial charge < -0.3 is 24.3 Å². The van der Waals surface area contributed by atoms with Gasteiger partial charge in [0.2, 0.25) is 0 Å². The van der Waals surface area contributed by atoms with Crippen molar-refractivity contribution in [2.45, 2.75) is 97.6 Å². The number of primary amides is 1. The molecular formula is C19H42N2O4Si. The Kier molecular flexibility index (Phi) is 16.1. The van der Waals surface area contributed by atoms with E-state index in [-0.39, 0.29) is 6.04 Å². The molecule has 0 aliphatic heterocycles. The van der Waals surface area contributed by atoms with Gasteiger partial charge in [0.05, 0.1) is 0 Å². The summed E-state index contributed by atoms with van der Waals surface area (Å²) in [5.41, 5.74) is 5.27. The smallest absolute Gasteiger partial charge is 0.373 e. The van der Waals surface area contributed by atoms with E-state index in [0.29, 0.717) is 25.9 Å². The van der Waals surface area contributed by atoms with Crippen LogP contribution in [0.25, 0.3) is 0 Å². The summed E-state index contributed by atoms with van der Waals surface area (Å²) in [5.74, 6) is 0. The molecule has 0 saturated carbocycles. The first-order chi connectivity index (χ1) is 12.5. The first-order valence-electron chi connectivity index (χ1n) is 10.5. The molecule has 2 amide bonds. The zero-order chi connectivity index (χ0) is 19.7. The number of nitrogens with two attached hydrogens (primary N) is 1. The molecule has 0 heterocycles. The molecule has 1 atom stereocenters. The molecule has 0 aliphatic rings. The quantitative estimate of drug-likeness (QED) is 0.265. The maximum atomic E-state index is 11.2. The highest BCUT2D eigenvalue weighted by molar-refractivity contribution is 6.60. The molecule has 0 fully saturated rings. The molecule has 156 valence electrons. The highest BCUT2D eigenvalue weighted by Gasteiger charge is 2.43. The lowest BCUT2D eigenvalue weighted by Gasteiger charge is -2.32. The maximum absolute atomic E-state index is 11.2. The van der Waals surface area contributed by atoms with Gasteiger partial charge in [-0.25, -0.2) is 4.79 Å². The van der Waals surface area contributed by atoms with E-state index in [4.69, 9.17) is 19.0 Å². The number of carbonyl (C=O) groups excluding carboxylic acids is 1. The highest BCUT2D eigenvalue weighted by Crippen LogP contribution is 2.21. The minimum Gasteiger partial charge on any atom is -0.373 e. The van der Waals surface area contributed by atoms with Crippen LogP contribution in [0.1, 0.15) is 85.5 Å². The van der Waals surface area contributed by atoms with Gasteiger partial charge in [0, 0.05) is 31.9 Å². The molecule has 0 radical (unpaired) electrons. The average molecular weight is 391 g/mol. The van der Waals surface area contributed by atoms with E-state index in [1.165, 1.54) is 0 Å². The molecule has 1 unspecified atom stereocenters. The van der Waals surface area contributed by atoms with Crippen LogP contribution in [0.2, 0.25) is 6.04 Å². The van der Waals surface area contributed by atoms with Crippen LogP contribution in [0.3, 0.4) is 0 Å². The zero-order valence-electron chi connectivity index (χ0n) is 17.5. The Labute approximate surface area is 161 Å². The average Bonchev–Trinajstić information content (AvgIpc) is 2.59. The summed E-state index contributed by atoms with van der Waals surface area (Å²) in [7, 11) is -2.85. The molecule has 26 heavy (non-hydrogen) atoms. The van der Waals surface area contributed by atoms with Gasteiger partial charge in [0.1, 0.15) is 0 Å². The lowest BCUT2D eigenvalue weighted by molar-refractivity contribution is 0.0538. The molecule has 0 spiro atoms. The van der Waals surface area contributed by atoms with Gasteiger partial charge in [-0.2, -0.15) is 0 Å². The van der Waals surface area contributed by atoms with Crippen LogP contribution in [0, 0.1) is 0 Å². The van der Waals surface area contributed by atoms with Crippen molar-refractivity contribution in [3.8, 4) is 0 Å². The van der Waals surface area contributed by atoms with Crippen LogP contribution in [-0.4, -0.2) is 40.7 Å². The Bertz CT molecular complexity index is 314. The van der Waals surface area contributed by atoms with Crippen LogP contribution in [0.5, 0.6) is 0 Å². The topological polar surface area (TPSA) is 82.8 Å². The minimum absolute atomic E-state index is 0.136. The Morgan fingerprint density at radius 2 is 1.23 bits per heavy atom. The van der Waals surface area contributed by atoms with E-state index < -0.39 is 14.8 Å². The van der Waals surface area contributed by atoms with Crippen LogP contribution >= 0.6 is 0 Å². The predicted octanol–water partition coefficient (Wildman–Crippen LogP) is 4.60. The van der Waals surface area contributed by atoms with Crippen molar-refractivity contribution >= 4 is 14.8 Å². The molecule has 3 N–H and O–H groups in total. The number of carbonyl (C=O) groups is 1. The molecule has 0 aromatic heterocycles. The van der Waals surface area contributed by atoms with Crippen molar-refractivity contribution in [1.82, 2.24) is 5.32 Å². The molecule has 0 rings (SSSR count). The summed E-state index contributed by atoms with van der Waals surface area (Å²) in [6.45, 7) is 10.4. The van der Waals surface area contributed by atoms with Gasteiger partial charge in [-0.05, 0) is 26.2 Å². The second kappa shape index (κ2) is 16.5. The van der Waals surface area contributed by atoms with E-state index in [2.05, 4.69) is 26.1 Å². The third-order valence-corrected chi connectivity index (χ3v) is 7.20.